The molecular weight excluding hydrogens is 334 g/mol. The Balaban J connectivity index is 1.51. The molecule has 1 aliphatic rings. The number of piperidine rings is 1. The van der Waals surface area contributed by atoms with Crippen molar-refractivity contribution in [2.24, 2.45) is 4.99 Å². The van der Waals surface area contributed by atoms with E-state index in [2.05, 4.69) is 56.7 Å². The van der Waals surface area contributed by atoms with Crippen molar-refractivity contribution in [1.82, 2.24) is 20.5 Å². The van der Waals surface area contributed by atoms with Crippen molar-refractivity contribution in [3.05, 3.63) is 54.2 Å². The number of nitrogens with zero attached hydrogens (tertiary/aromatic N) is 3. The zero-order valence-corrected chi connectivity index (χ0v) is 16.5. The Morgan fingerprint density at radius 1 is 1.19 bits per heavy atom. The number of hydrogen-bond acceptors (Lipinski definition) is 3. The average Bonchev–Trinajstić information content (AvgIpc) is 2.73. The molecule has 0 spiro atoms. The summed E-state index contributed by atoms with van der Waals surface area (Å²) in [6, 6.07) is 15.0. The van der Waals surface area contributed by atoms with Gasteiger partial charge in [0.05, 0.1) is 5.69 Å². The summed E-state index contributed by atoms with van der Waals surface area (Å²) in [6.45, 7) is 6.56. The van der Waals surface area contributed by atoms with E-state index in [-0.39, 0.29) is 0 Å². The van der Waals surface area contributed by atoms with E-state index in [1.165, 1.54) is 44.5 Å². The SMILES string of the molecule is CCCN1CCC(NC(=NC)NCc2cccc(-c3ccccn3)c2)CC1. The number of aromatic nitrogens is 1. The topological polar surface area (TPSA) is 52.5 Å². The molecule has 0 bridgehead atoms. The van der Waals surface area contributed by atoms with Gasteiger partial charge in [-0.3, -0.25) is 9.98 Å². The molecule has 0 unspecified atom stereocenters. The molecule has 3 rings (SSSR count). The number of nitrogens with one attached hydrogen (secondary N) is 2. The van der Waals surface area contributed by atoms with Gasteiger partial charge in [0.1, 0.15) is 0 Å². The maximum atomic E-state index is 4.44. The number of aliphatic imine (C=N–C) groups is 1. The Hall–Kier alpha value is -2.40. The highest BCUT2D eigenvalue weighted by atomic mass is 15.2. The van der Waals surface area contributed by atoms with Crippen LogP contribution in [0.3, 0.4) is 0 Å². The van der Waals surface area contributed by atoms with Gasteiger partial charge in [-0.15, -0.1) is 0 Å². The minimum absolute atomic E-state index is 0.504. The van der Waals surface area contributed by atoms with Crippen LogP contribution in [0.5, 0.6) is 0 Å². The van der Waals surface area contributed by atoms with Crippen molar-refractivity contribution in [3.63, 3.8) is 0 Å². The minimum Gasteiger partial charge on any atom is -0.354 e. The first-order valence-electron chi connectivity index (χ1n) is 9.98. The number of likely N-dealkylation sites (tertiary alicyclic amines) is 1. The van der Waals surface area contributed by atoms with Crippen LogP contribution in [-0.2, 0) is 6.54 Å². The first-order valence-corrected chi connectivity index (χ1v) is 9.98. The predicted octanol–water partition coefficient (Wildman–Crippen LogP) is 3.29. The third-order valence-electron chi connectivity index (χ3n) is 5.04. The Bertz CT molecular complexity index is 720. The Kier molecular flexibility index (Phi) is 7.22. The highest BCUT2D eigenvalue weighted by molar-refractivity contribution is 5.80. The quantitative estimate of drug-likeness (QED) is 0.609. The van der Waals surface area contributed by atoms with Crippen LogP contribution < -0.4 is 10.6 Å². The van der Waals surface area contributed by atoms with Crippen LogP contribution in [0.4, 0.5) is 0 Å². The van der Waals surface area contributed by atoms with Crippen LogP contribution in [0.2, 0.25) is 0 Å². The van der Waals surface area contributed by atoms with Crippen LogP contribution in [0.1, 0.15) is 31.7 Å². The highest BCUT2D eigenvalue weighted by Crippen LogP contribution is 2.17. The standard InChI is InChI=1S/C22H31N5/c1-3-13-27-14-10-20(11-15-27)26-22(23-2)25-17-18-7-6-8-19(16-18)21-9-4-5-12-24-21/h4-9,12,16,20H,3,10-11,13-15,17H2,1-2H3,(H2,23,25,26). The first kappa shape index (κ1) is 19.4. The van der Waals surface area contributed by atoms with E-state index in [1.54, 1.807) is 0 Å². The molecule has 0 amide bonds. The molecular formula is C22H31N5. The molecule has 2 aromatic rings. The molecule has 1 saturated heterocycles. The number of benzene rings is 1. The zero-order valence-electron chi connectivity index (χ0n) is 16.5. The van der Waals surface area contributed by atoms with Crippen molar-refractivity contribution in [3.8, 4) is 11.3 Å². The Morgan fingerprint density at radius 2 is 2.04 bits per heavy atom. The molecule has 1 aliphatic heterocycles. The fourth-order valence-corrected chi connectivity index (χ4v) is 3.57. The van der Waals surface area contributed by atoms with E-state index >= 15 is 0 Å². The summed E-state index contributed by atoms with van der Waals surface area (Å²) < 4.78 is 0. The van der Waals surface area contributed by atoms with Crippen molar-refractivity contribution in [1.29, 1.82) is 0 Å². The maximum Gasteiger partial charge on any atom is 0.191 e. The summed E-state index contributed by atoms with van der Waals surface area (Å²) in [5.74, 6) is 0.882. The number of guanidine groups is 1. The van der Waals surface area contributed by atoms with Crippen LogP contribution in [0, 0.1) is 0 Å². The lowest BCUT2D eigenvalue weighted by Gasteiger charge is -2.32. The van der Waals surface area contributed by atoms with Crippen LogP contribution >= 0.6 is 0 Å². The molecule has 144 valence electrons. The monoisotopic (exact) mass is 365 g/mol. The largest absolute Gasteiger partial charge is 0.354 e. The second-order valence-corrected chi connectivity index (χ2v) is 7.10. The number of pyridine rings is 1. The van der Waals surface area contributed by atoms with E-state index < -0.39 is 0 Å². The second kappa shape index (κ2) is 10.1. The smallest absolute Gasteiger partial charge is 0.191 e. The lowest BCUT2D eigenvalue weighted by Crippen LogP contribution is -2.48. The fraction of sp³-hybridized carbons (Fsp3) is 0.455. The Labute approximate surface area is 162 Å². The second-order valence-electron chi connectivity index (χ2n) is 7.10. The van der Waals surface area contributed by atoms with E-state index in [0.29, 0.717) is 6.04 Å². The molecule has 2 N–H and O–H groups in total. The van der Waals surface area contributed by atoms with Crippen molar-refractivity contribution < 1.29 is 0 Å². The van der Waals surface area contributed by atoms with Gasteiger partial charge in [-0.1, -0.05) is 31.2 Å². The lowest BCUT2D eigenvalue weighted by molar-refractivity contribution is 0.206. The van der Waals surface area contributed by atoms with E-state index in [1.807, 2.05) is 31.4 Å². The van der Waals surface area contributed by atoms with Crippen LogP contribution in [0.25, 0.3) is 11.3 Å². The summed E-state index contributed by atoms with van der Waals surface area (Å²) in [5.41, 5.74) is 3.36. The zero-order chi connectivity index (χ0) is 18.9. The van der Waals surface area contributed by atoms with Gasteiger partial charge in [-0.05, 0) is 49.6 Å². The van der Waals surface area contributed by atoms with E-state index in [0.717, 1.165) is 23.8 Å². The van der Waals surface area contributed by atoms with Gasteiger partial charge in [-0.2, -0.15) is 0 Å². The van der Waals surface area contributed by atoms with Crippen molar-refractivity contribution in [2.45, 2.75) is 38.8 Å². The summed E-state index contributed by atoms with van der Waals surface area (Å²) in [7, 11) is 1.84. The Morgan fingerprint density at radius 3 is 2.74 bits per heavy atom. The molecule has 1 aromatic carbocycles. The third kappa shape index (κ3) is 5.79. The fourth-order valence-electron chi connectivity index (χ4n) is 3.57. The van der Waals surface area contributed by atoms with Crippen molar-refractivity contribution in [2.75, 3.05) is 26.7 Å². The van der Waals surface area contributed by atoms with E-state index in [9.17, 15) is 0 Å². The average molecular weight is 366 g/mol. The normalized spacial score (nSPS) is 16.3. The summed E-state index contributed by atoms with van der Waals surface area (Å²) in [6.07, 6.45) is 5.42. The van der Waals surface area contributed by atoms with Gasteiger partial charge in [0, 0.05) is 44.5 Å². The minimum atomic E-state index is 0.504. The summed E-state index contributed by atoms with van der Waals surface area (Å²) >= 11 is 0. The van der Waals surface area contributed by atoms with Gasteiger partial charge >= 0.3 is 0 Å². The molecule has 1 fully saturated rings. The molecule has 5 nitrogen and oxygen atoms in total. The molecule has 5 heteroatoms. The van der Waals surface area contributed by atoms with Crippen molar-refractivity contribution >= 4 is 5.96 Å². The molecule has 2 heterocycles. The summed E-state index contributed by atoms with van der Waals surface area (Å²) in [5, 5.41) is 7.04. The number of hydrogen-bond donors (Lipinski definition) is 2. The van der Waals surface area contributed by atoms with Crippen LogP contribution in [0.15, 0.2) is 53.7 Å². The van der Waals surface area contributed by atoms with Gasteiger partial charge in [0.25, 0.3) is 0 Å². The van der Waals surface area contributed by atoms with Gasteiger partial charge in [0.2, 0.25) is 0 Å². The van der Waals surface area contributed by atoms with Gasteiger partial charge in [-0.25, -0.2) is 0 Å². The molecule has 0 saturated carbocycles. The van der Waals surface area contributed by atoms with Gasteiger partial charge < -0.3 is 15.5 Å². The predicted molar refractivity (Wildman–Crippen MR) is 113 cm³/mol. The molecule has 1 aromatic heterocycles. The highest BCUT2D eigenvalue weighted by Gasteiger charge is 2.19. The third-order valence-corrected chi connectivity index (χ3v) is 5.04. The molecule has 27 heavy (non-hydrogen) atoms. The number of rotatable bonds is 6. The summed E-state index contributed by atoms with van der Waals surface area (Å²) in [4.78, 5) is 11.4. The maximum absolute atomic E-state index is 4.44. The van der Waals surface area contributed by atoms with Crippen LogP contribution in [-0.4, -0.2) is 48.6 Å². The first-order chi connectivity index (χ1) is 13.3. The molecule has 0 atom stereocenters. The van der Waals surface area contributed by atoms with E-state index in [4.69, 9.17) is 0 Å². The molecule has 0 radical (unpaired) electrons. The van der Waals surface area contributed by atoms with Gasteiger partial charge in [0.15, 0.2) is 5.96 Å². The lowest BCUT2D eigenvalue weighted by atomic mass is 10.1. The molecule has 0 aliphatic carbocycles.